The van der Waals surface area contributed by atoms with Crippen LogP contribution in [0.1, 0.15) is 28.8 Å². The maximum absolute atomic E-state index is 13.2. The maximum atomic E-state index is 13.2. The molecule has 0 unspecified atom stereocenters. The van der Waals surface area contributed by atoms with Crippen molar-refractivity contribution in [2.75, 3.05) is 18.6 Å². The summed E-state index contributed by atoms with van der Waals surface area (Å²) in [6.07, 6.45) is 1.55. The quantitative estimate of drug-likeness (QED) is 0.830. The number of hydrogen-bond donors (Lipinski definition) is 0. The summed E-state index contributed by atoms with van der Waals surface area (Å²) < 4.78 is 5.19. The zero-order chi connectivity index (χ0) is 18.3. The predicted octanol–water partition coefficient (Wildman–Crippen LogP) is 3.50. The summed E-state index contributed by atoms with van der Waals surface area (Å²) in [5.74, 6) is 0.619. The summed E-state index contributed by atoms with van der Waals surface area (Å²) in [5.41, 5.74) is 2.07. The first-order valence-corrected chi connectivity index (χ1v) is 9.01. The number of carbonyl (C=O) groups excluding carboxylic acids is 2. The summed E-state index contributed by atoms with van der Waals surface area (Å²) in [4.78, 5) is 29.6. The van der Waals surface area contributed by atoms with Crippen LogP contribution in [0.15, 0.2) is 42.5 Å². The molecule has 0 aromatic heterocycles. The lowest BCUT2D eigenvalue weighted by molar-refractivity contribution is -0.122. The molecule has 2 aromatic carbocycles. The van der Waals surface area contributed by atoms with Crippen molar-refractivity contribution < 1.29 is 14.3 Å². The fourth-order valence-corrected chi connectivity index (χ4v) is 3.87. The summed E-state index contributed by atoms with van der Waals surface area (Å²) in [5, 5.41) is 0.506. The lowest BCUT2D eigenvalue weighted by atomic mass is 10.1. The second-order valence-electron chi connectivity index (χ2n) is 6.59. The van der Waals surface area contributed by atoms with E-state index in [-0.39, 0.29) is 11.8 Å². The van der Waals surface area contributed by atoms with Crippen molar-refractivity contribution in [1.29, 1.82) is 0 Å². The second-order valence-corrected chi connectivity index (χ2v) is 7.03. The van der Waals surface area contributed by atoms with E-state index in [9.17, 15) is 9.59 Å². The van der Waals surface area contributed by atoms with E-state index < -0.39 is 6.04 Å². The van der Waals surface area contributed by atoms with Crippen molar-refractivity contribution in [2.45, 2.75) is 25.4 Å². The molecule has 0 radical (unpaired) electrons. The summed E-state index contributed by atoms with van der Waals surface area (Å²) in [7, 11) is 1.62. The van der Waals surface area contributed by atoms with Crippen LogP contribution in [0, 0.1) is 0 Å². The van der Waals surface area contributed by atoms with Crippen LogP contribution in [0.5, 0.6) is 5.75 Å². The highest BCUT2D eigenvalue weighted by Crippen LogP contribution is 2.35. The van der Waals surface area contributed by atoms with Crippen LogP contribution in [-0.4, -0.2) is 36.4 Å². The standard InChI is InChI=1S/C20H19ClN2O3/c1-26-15-7-4-13(5-8-15)12-23-18-11-14(21)6-9-16(18)19(24)22-10-2-3-17(22)20(23)25/h4-9,11,17H,2-3,10,12H2,1H3/t17-/m0/s1. The Balaban J connectivity index is 1.77. The Kier molecular flexibility index (Phi) is 4.32. The van der Waals surface area contributed by atoms with E-state index in [1.54, 1.807) is 35.1 Å². The Morgan fingerprint density at radius 2 is 1.92 bits per heavy atom. The summed E-state index contributed by atoms with van der Waals surface area (Å²) >= 11 is 6.17. The molecule has 2 amide bonds. The number of fused-ring (bicyclic) bond motifs is 2. The number of nitrogens with zero attached hydrogens (tertiary/aromatic N) is 2. The normalized spacial score (nSPS) is 19.2. The van der Waals surface area contributed by atoms with E-state index in [1.807, 2.05) is 24.3 Å². The third-order valence-electron chi connectivity index (χ3n) is 5.05. The van der Waals surface area contributed by atoms with E-state index in [4.69, 9.17) is 16.3 Å². The lowest BCUT2D eigenvalue weighted by Gasteiger charge is -2.26. The number of benzene rings is 2. The van der Waals surface area contributed by atoms with Gasteiger partial charge in [-0.1, -0.05) is 23.7 Å². The Labute approximate surface area is 157 Å². The van der Waals surface area contributed by atoms with Crippen molar-refractivity contribution in [2.24, 2.45) is 0 Å². The molecule has 5 nitrogen and oxygen atoms in total. The highest BCUT2D eigenvalue weighted by molar-refractivity contribution is 6.31. The van der Waals surface area contributed by atoms with Gasteiger partial charge >= 0.3 is 0 Å². The van der Waals surface area contributed by atoms with E-state index in [0.29, 0.717) is 35.8 Å². The van der Waals surface area contributed by atoms with Gasteiger partial charge in [0.05, 0.1) is 24.9 Å². The molecule has 0 aliphatic carbocycles. The van der Waals surface area contributed by atoms with Crippen LogP contribution in [0.3, 0.4) is 0 Å². The average molecular weight is 371 g/mol. The van der Waals surface area contributed by atoms with Gasteiger partial charge in [-0.05, 0) is 48.7 Å². The van der Waals surface area contributed by atoms with E-state index in [0.717, 1.165) is 17.7 Å². The molecule has 4 rings (SSSR count). The first-order valence-electron chi connectivity index (χ1n) is 8.63. The van der Waals surface area contributed by atoms with Crippen LogP contribution >= 0.6 is 11.6 Å². The van der Waals surface area contributed by atoms with Gasteiger partial charge in [0.15, 0.2) is 0 Å². The zero-order valence-corrected chi connectivity index (χ0v) is 15.2. The molecule has 2 aromatic rings. The first-order chi connectivity index (χ1) is 12.6. The van der Waals surface area contributed by atoms with Crippen LogP contribution in [0.2, 0.25) is 5.02 Å². The van der Waals surface area contributed by atoms with Crippen molar-refractivity contribution in [3.8, 4) is 5.75 Å². The summed E-state index contributed by atoms with van der Waals surface area (Å²) in [6.45, 7) is 1.00. The van der Waals surface area contributed by atoms with Crippen molar-refractivity contribution in [3.05, 3.63) is 58.6 Å². The number of halogens is 1. The van der Waals surface area contributed by atoms with Crippen molar-refractivity contribution >= 4 is 29.1 Å². The number of amides is 2. The first kappa shape index (κ1) is 16.9. The fourth-order valence-electron chi connectivity index (χ4n) is 3.71. The Bertz CT molecular complexity index is 866. The van der Waals surface area contributed by atoms with Crippen LogP contribution in [0.25, 0.3) is 0 Å². The monoisotopic (exact) mass is 370 g/mol. The van der Waals surface area contributed by atoms with Gasteiger partial charge in [-0.3, -0.25) is 9.59 Å². The van der Waals surface area contributed by atoms with Gasteiger partial charge in [0.2, 0.25) is 5.91 Å². The minimum atomic E-state index is -0.396. The van der Waals surface area contributed by atoms with E-state index in [2.05, 4.69) is 0 Å². The van der Waals surface area contributed by atoms with Crippen LogP contribution in [0.4, 0.5) is 5.69 Å². The van der Waals surface area contributed by atoms with Gasteiger partial charge in [-0.2, -0.15) is 0 Å². The number of methoxy groups -OCH3 is 1. The minimum Gasteiger partial charge on any atom is -0.497 e. The van der Waals surface area contributed by atoms with Crippen LogP contribution < -0.4 is 9.64 Å². The largest absolute Gasteiger partial charge is 0.497 e. The molecule has 0 N–H and O–H groups in total. The smallest absolute Gasteiger partial charge is 0.256 e. The molecule has 134 valence electrons. The average Bonchev–Trinajstić information content (AvgIpc) is 3.13. The number of ether oxygens (including phenoxy) is 1. The molecule has 6 heteroatoms. The molecular formula is C20H19ClN2O3. The van der Waals surface area contributed by atoms with Crippen molar-refractivity contribution in [1.82, 2.24) is 4.90 Å². The highest BCUT2D eigenvalue weighted by Gasteiger charge is 2.41. The number of hydrogen-bond acceptors (Lipinski definition) is 3. The van der Waals surface area contributed by atoms with E-state index in [1.165, 1.54) is 0 Å². The molecule has 1 atom stereocenters. The molecule has 1 saturated heterocycles. The Morgan fingerprint density at radius 1 is 1.15 bits per heavy atom. The van der Waals surface area contributed by atoms with Gasteiger partial charge in [0, 0.05) is 11.6 Å². The number of carbonyl (C=O) groups is 2. The van der Waals surface area contributed by atoms with Gasteiger partial charge < -0.3 is 14.5 Å². The molecule has 0 bridgehead atoms. The molecule has 0 saturated carbocycles. The van der Waals surface area contributed by atoms with Gasteiger partial charge in [0.1, 0.15) is 11.8 Å². The molecular weight excluding hydrogens is 352 g/mol. The number of anilines is 1. The molecule has 2 aliphatic rings. The molecule has 2 aliphatic heterocycles. The Hall–Kier alpha value is -2.53. The van der Waals surface area contributed by atoms with Gasteiger partial charge in [0.25, 0.3) is 5.91 Å². The fraction of sp³-hybridized carbons (Fsp3) is 0.300. The molecule has 26 heavy (non-hydrogen) atoms. The highest BCUT2D eigenvalue weighted by atomic mass is 35.5. The van der Waals surface area contributed by atoms with Gasteiger partial charge in [-0.25, -0.2) is 0 Å². The Morgan fingerprint density at radius 3 is 2.65 bits per heavy atom. The minimum absolute atomic E-state index is 0.0484. The summed E-state index contributed by atoms with van der Waals surface area (Å²) in [6, 6.07) is 12.3. The lowest BCUT2D eigenvalue weighted by Crippen LogP contribution is -2.44. The van der Waals surface area contributed by atoms with Crippen molar-refractivity contribution in [3.63, 3.8) is 0 Å². The maximum Gasteiger partial charge on any atom is 0.256 e. The van der Waals surface area contributed by atoms with E-state index >= 15 is 0 Å². The third kappa shape index (κ3) is 2.82. The number of rotatable bonds is 3. The van der Waals surface area contributed by atoms with Crippen LogP contribution in [-0.2, 0) is 11.3 Å². The van der Waals surface area contributed by atoms with Gasteiger partial charge in [-0.15, -0.1) is 0 Å². The molecule has 1 fully saturated rings. The molecule has 0 spiro atoms. The predicted molar refractivity (Wildman–Crippen MR) is 99.7 cm³/mol. The SMILES string of the molecule is COc1ccc(CN2C(=O)[C@@H]3CCCN3C(=O)c3ccc(Cl)cc32)cc1. The molecule has 2 heterocycles. The topological polar surface area (TPSA) is 49.9 Å². The zero-order valence-electron chi connectivity index (χ0n) is 14.4. The third-order valence-corrected chi connectivity index (χ3v) is 5.28. The second kappa shape index (κ2) is 6.65.